The van der Waals surface area contributed by atoms with Gasteiger partial charge in [-0.05, 0) is 51.9 Å². The van der Waals surface area contributed by atoms with E-state index in [1.54, 1.807) is 6.08 Å². The molecule has 33 heavy (non-hydrogen) atoms. The van der Waals surface area contributed by atoms with Gasteiger partial charge in [-0.1, -0.05) is 70.1 Å². The lowest BCUT2D eigenvalue weighted by Crippen LogP contribution is -2.75. The molecular weight excluding hydrogens is 547 g/mol. The Labute approximate surface area is 215 Å². The van der Waals surface area contributed by atoms with Gasteiger partial charge in [0.25, 0.3) is 0 Å². The molecule has 3 N–H and O–H groups in total. The molecule has 1 fully saturated rings. The van der Waals surface area contributed by atoms with Gasteiger partial charge in [-0.3, -0.25) is 9.59 Å². The van der Waals surface area contributed by atoms with E-state index in [-0.39, 0.29) is 24.0 Å². The summed E-state index contributed by atoms with van der Waals surface area (Å²) in [7, 11) is -2.46. The van der Waals surface area contributed by atoms with Gasteiger partial charge in [0.15, 0.2) is 5.60 Å². The Bertz CT molecular complexity index is 723. The quantitative estimate of drug-likeness (QED) is 0.0813. The third-order valence-electron chi connectivity index (χ3n) is 7.56. The van der Waals surface area contributed by atoms with Gasteiger partial charge in [-0.25, -0.2) is 0 Å². The average molecular weight is 593 g/mol. The van der Waals surface area contributed by atoms with Crippen molar-refractivity contribution in [2.24, 2.45) is 11.8 Å². The average Bonchev–Trinajstić information content (AvgIpc) is 3.05. The molecule has 7 heteroatoms. The van der Waals surface area contributed by atoms with Crippen LogP contribution in [0.1, 0.15) is 78.6 Å². The topological polar surface area (TPSA) is 94.8 Å². The van der Waals surface area contributed by atoms with E-state index in [1.807, 2.05) is 25.7 Å². The summed E-state index contributed by atoms with van der Waals surface area (Å²) in [5.74, 6) is 0.454. The largest absolute Gasteiger partial charge is 0.390 e. The number of Topliss-reactive ketones (excluding diaryl/α,β-unsaturated/α-hetero) is 1. The first-order chi connectivity index (χ1) is 15.1. The van der Waals surface area contributed by atoms with Gasteiger partial charge in [-0.2, -0.15) is 0 Å². The minimum Gasteiger partial charge on any atom is -0.390 e. The number of aliphatic hydroxyl groups is 3. The van der Waals surface area contributed by atoms with E-state index >= 15 is 0 Å². The standard InChI is InChI=1S/C26H45IO5Si/c1-7-8-9-10-11-12-15-20-17-18-22(28)21(20)16-13-14-19-24(2,30)26(32,23(27)29)25(3,31)33(4,5)6/h12-15,20-21,30-32H,7-11,16-19H2,1-6H3/t20-,21+,24-,25?,26?/m0/s1. The van der Waals surface area contributed by atoms with E-state index in [4.69, 9.17) is 0 Å². The Morgan fingerprint density at radius 3 is 2.27 bits per heavy atom. The van der Waals surface area contributed by atoms with Crippen LogP contribution in [0.15, 0.2) is 24.3 Å². The molecule has 0 radical (unpaired) electrons. The van der Waals surface area contributed by atoms with E-state index in [1.165, 1.54) is 62.1 Å². The molecule has 0 amide bonds. The molecule has 1 aliphatic rings. The third-order valence-corrected chi connectivity index (χ3v) is 11.6. The fourth-order valence-electron chi connectivity index (χ4n) is 4.60. The van der Waals surface area contributed by atoms with E-state index in [0.29, 0.717) is 12.8 Å². The molecule has 0 bridgehead atoms. The summed E-state index contributed by atoms with van der Waals surface area (Å²) >= 11 is 1.47. The number of hydrogen-bond acceptors (Lipinski definition) is 5. The van der Waals surface area contributed by atoms with Gasteiger partial charge >= 0.3 is 0 Å². The molecule has 0 spiro atoms. The maximum atomic E-state index is 12.5. The maximum Gasteiger partial charge on any atom is 0.229 e. The normalized spacial score (nSPS) is 25.3. The molecule has 0 saturated heterocycles. The summed E-state index contributed by atoms with van der Waals surface area (Å²) in [6, 6.07) is 0. The zero-order valence-electron chi connectivity index (χ0n) is 21.4. The van der Waals surface area contributed by atoms with Crippen LogP contribution in [0.25, 0.3) is 0 Å². The van der Waals surface area contributed by atoms with Crippen molar-refractivity contribution < 1.29 is 24.9 Å². The second-order valence-electron chi connectivity index (χ2n) is 11.0. The summed E-state index contributed by atoms with van der Waals surface area (Å²) in [4.78, 5) is 24.9. The number of hydrogen-bond donors (Lipinski definition) is 3. The van der Waals surface area contributed by atoms with E-state index < -0.39 is 28.3 Å². The highest BCUT2D eigenvalue weighted by Gasteiger charge is 2.65. The van der Waals surface area contributed by atoms with Crippen LogP contribution < -0.4 is 0 Å². The molecular formula is C26H45IO5Si. The molecule has 5 nitrogen and oxygen atoms in total. The van der Waals surface area contributed by atoms with Crippen molar-refractivity contribution in [1.29, 1.82) is 0 Å². The first kappa shape index (κ1) is 30.7. The van der Waals surface area contributed by atoms with Crippen molar-refractivity contribution in [3.8, 4) is 0 Å². The van der Waals surface area contributed by atoms with Gasteiger partial charge < -0.3 is 15.3 Å². The van der Waals surface area contributed by atoms with Crippen LogP contribution in [-0.2, 0) is 9.59 Å². The number of halogens is 1. The Morgan fingerprint density at radius 1 is 1.09 bits per heavy atom. The lowest BCUT2D eigenvalue weighted by atomic mass is 9.78. The lowest BCUT2D eigenvalue weighted by molar-refractivity contribution is -0.199. The minimum atomic E-state index is -2.46. The third kappa shape index (κ3) is 7.32. The zero-order valence-corrected chi connectivity index (χ0v) is 24.5. The molecule has 0 aromatic rings. The number of carbonyl (C=O) groups excluding carboxylic acids is 2. The van der Waals surface area contributed by atoms with Crippen LogP contribution >= 0.6 is 22.6 Å². The predicted molar refractivity (Wildman–Crippen MR) is 146 cm³/mol. The van der Waals surface area contributed by atoms with Crippen LogP contribution in [0.5, 0.6) is 0 Å². The highest BCUT2D eigenvalue weighted by molar-refractivity contribution is 14.1. The second kappa shape index (κ2) is 12.6. The smallest absolute Gasteiger partial charge is 0.229 e. The maximum absolute atomic E-state index is 12.5. The van der Waals surface area contributed by atoms with Crippen molar-refractivity contribution >= 4 is 40.2 Å². The van der Waals surface area contributed by atoms with Crippen molar-refractivity contribution in [2.45, 2.75) is 115 Å². The number of carbonyl (C=O) groups is 2. The number of allylic oxidation sites excluding steroid dienone is 3. The van der Waals surface area contributed by atoms with E-state index in [2.05, 4.69) is 19.1 Å². The molecule has 5 atom stereocenters. The number of ketones is 1. The van der Waals surface area contributed by atoms with Gasteiger partial charge in [0.1, 0.15) is 11.4 Å². The summed E-state index contributed by atoms with van der Waals surface area (Å²) in [5.41, 5.74) is -4.16. The highest BCUT2D eigenvalue weighted by atomic mass is 127. The highest BCUT2D eigenvalue weighted by Crippen LogP contribution is 2.43. The molecule has 0 aromatic carbocycles. The Balaban J connectivity index is 2.84. The van der Waals surface area contributed by atoms with Crippen LogP contribution in [0.3, 0.4) is 0 Å². The monoisotopic (exact) mass is 592 g/mol. The number of unbranched alkanes of at least 4 members (excludes halogenated alkanes) is 4. The van der Waals surface area contributed by atoms with Crippen LogP contribution in [-0.4, -0.2) is 49.4 Å². The zero-order chi connectivity index (χ0) is 25.5. The second-order valence-corrected chi connectivity index (χ2v) is 17.5. The van der Waals surface area contributed by atoms with Crippen LogP contribution in [0, 0.1) is 11.8 Å². The first-order valence-electron chi connectivity index (χ1n) is 12.3. The fraction of sp³-hybridized carbons (Fsp3) is 0.769. The predicted octanol–water partition coefficient (Wildman–Crippen LogP) is 5.52. The molecule has 0 heterocycles. The van der Waals surface area contributed by atoms with E-state index in [0.717, 1.165) is 12.8 Å². The lowest BCUT2D eigenvalue weighted by Gasteiger charge is -2.52. The summed E-state index contributed by atoms with van der Waals surface area (Å²) in [6.45, 7) is 10.6. The molecule has 1 saturated carbocycles. The Morgan fingerprint density at radius 2 is 1.73 bits per heavy atom. The van der Waals surface area contributed by atoms with Gasteiger partial charge in [-0.15, -0.1) is 0 Å². The van der Waals surface area contributed by atoms with Crippen molar-refractivity contribution in [1.82, 2.24) is 0 Å². The van der Waals surface area contributed by atoms with Gasteiger partial charge in [0.2, 0.25) is 3.79 Å². The molecule has 1 rings (SSSR count). The van der Waals surface area contributed by atoms with Gasteiger partial charge in [0, 0.05) is 34.9 Å². The molecule has 0 aliphatic heterocycles. The first-order valence-corrected chi connectivity index (χ1v) is 16.9. The fourth-order valence-corrected chi connectivity index (χ4v) is 7.43. The summed E-state index contributed by atoms with van der Waals surface area (Å²) in [5, 5.41) is 31.9. The van der Waals surface area contributed by atoms with Crippen LogP contribution in [0.2, 0.25) is 19.6 Å². The summed E-state index contributed by atoms with van der Waals surface area (Å²) < 4.78 is -0.680. The van der Waals surface area contributed by atoms with Crippen molar-refractivity contribution in [2.75, 3.05) is 0 Å². The van der Waals surface area contributed by atoms with Crippen molar-refractivity contribution in [3.05, 3.63) is 24.3 Å². The van der Waals surface area contributed by atoms with Crippen LogP contribution in [0.4, 0.5) is 0 Å². The Hall–Kier alpha value is -0.353. The summed E-state index contributed by atoms with van der Waals surface area (Å²) in [6.07, 6.45) is 16.0. The van der Waals surface area contributed by atoms with Gasteiger partial charge in [0.05, 0.1) is 13.3 Å². The molecule has 0 aromatic heterocycles. The minimum absolute atomic E-state index is 0.00227. The SMILES string of the molecule is CCCCCCC=C[C@H]1CCC(=O)[C@@H]1CC=CC[C@](C)(O)C(O)(C(=O)I)C(C)(O)[Si](C)(C)C. The van der Waals surface area contributed by atoms with E-state index in [9.17, 15) is 24.9 Å². The molecule has 2 unspecified atom stereocenters. The Kier molecular flexibility index (Phi) is 11.7. The molecule has 190 valence electrons. The number of rotatable bonds is 14. The van der Waals surface area contributed by atoms with Crippen molar-refractivity contribution in [3.63, 3.8) is 0 Å². The molecule has 1 aliphatic carbocycles.